The van der Waals surface area contributed by atoms with Gasteiger partial charge in [-0.2, -0.15) is 0 Å². The van der Waals surface area contributed by atoms with E-state index in [-0.39, 0.29) is 17.4 Å². The second kappa shape index (κ2) is 10.4. The predicted octanol–water partition coefficient (Wildman–Crippen LogP) is 1.12. The number of carboxylic acid groups (broad SMARTS) is 2. The van der Waals surface area contributed by atoms with Gasteiger partial charge in [0, 0.05) is 0 Å². The third kappa shape index (κ3) is 7.68. The Balaban J connectivity index is 0.000000327. The van der Waals surface area contributed by atoms with Gasteiger partial charge in [-0.1, -0.05) is 12.1 Å². The van der Waals surface area contributed by atoms with Gasteiger partial charge in [0.2, 0.25) is 0 Å². The van der Waals surface area contributed by atoms with Crippen molar-refractivity contribution in [3.8, 4) is 5.75 Å². The summed E-state index contributed by atoms with van der Waals surface area (Å²) in [6.07, 6.45) is 2.53. The second-order valence-corrected chi connectivity index (χ2v) is 4.05. The summed E-state index contributed by atoms with van der Waals surface area (Å²) in [5.41, 5.74) is -0.0671. The molecule has 0 radical (unpaired) electrons. The lowest BCUT2D eigenvalue weighted by Crippen LogP contribution is -2.29. The highest BCUT2D eigenvalue weighted by atomic mass is 16.4. The number of aromatic carboxylic acids is 1. The summed E-state index contributed by atoms with van der Waals surface area (Å²) in [6, 6.07) is 5.54. The molecule has 2 rings (SSSR count). The lowest BCUT2D eigenvalue weighted by atomic mass is 10.2. The van der Waals surface area contributed by atoms with Crippen molar-refractivity contribution in [1.82, 2.24) is 5.32 Å². The summed E-state index contributed by atoms with van der Waals surface area (Å²) in [6.45, 7) is 2.30. The van der Waals surface area contributed by atoms with E-state index >= 15 is 0 Å². The molecule has 1 saturated heterocycles. The summed E-state index contributed by atoms with van der Waals surface area (Å²) < 4.78 is 0. The Morgan fingerprint density at radius 3 is 2.14 bits per heavy atom. The number of carbonyl (C=O) groups excluding carboxylic acids is 1. The van der Waals surface area contributed by atoms with Gasteiger partial charge >= 0.3 is 11.9 Å². The first-order chi connectivity index (χ1) is 9.93. The molecule has 1 aliphatic rings. The molecular weight excluding hydrogens is 278 g/mol. The van der Waals surface area contributed by atoms with Gasteiger partial charge in [-0.3, -0.25) is 4.79 Å². The Hall–Kier alpha value is -2.41. The van der Waals surface area contributed by atoms with Crippen LogP contribution in [0.25, 0.3) is 0 Å². The Bertz CT molecular complexity index is 468. The van der Waals surface area contributed by atoms with Crippen LogP contribution in [0.2, 0.25) is 0 Å². The van der Waals surface area contributed by atoms with E-state index in [1.54, 1.807) is 12.1 Å². The highest BCUT2D eigenvalue weighted by Gasteiger charge is 2.20. The molecule has 1 fully saturated rings. The molecule has 7 nitrogen and oxygen atoms in total. The molecule has 0 aromatic heterocycles. The molecule has 0 aliphatic carbocycles. The first-order valence-corrected chi connectivity index (χ1v) is 6.31. The minimum atomic E-state index is -1.11. The van der Waals surface area contributed by atoms with E-state index < -0.39 is 11.9 Å². The molecule has 21 heavy (non-hydrogen) atoms. The Labute approximate surface area is 122 Å². The quantitative estimate of drug-likeness (QED) is 0.603. The molecule has 1 aromatic rings. The van der Waals surface area contributed by atoms with E-state index in [9.17, 15) is 9.59 Å². The summed E-state index contributed by atoms with van der Waals surface area (Å²) >= 11 is 0. The van der Waals surface area contributed by atoms with Crippen LogP contribution in [-0.4, -0.2) is 46.1 Å². The van der Waals surface area contributed by atoms with Crippen molar-refractivity contribution in [2.45, 2.75) is 25.8 Å². The number of benzene rings is 1. The van der Waals surface area contributed by atoms with Gasteiger partial charge in [0.05, 0.1) is 0 Å². The average molecular weight is 297 g/mol. The largest absolute Gasteiger partial charge is 0.507 e. The number of aromatic hydroxyl groups is 1. The first-order valence-electron chi connectivity index (χ1n) is 6.31. The van der Waals surface area contributed by atoms with E-state index in [0.717, 1.165) is 25.7 Å². The van der Waals surface area contributed by atoms with Crippen molar-refractivity contribution in [3.05, 3.63) is 29.8 Å². The van der Waals surface area contributed by atoms with E-state index in [1.807, 2.05) is 0 Å². The molecule has 4 N–H and O–H groups in total. The minimum Gasteiger partial charge on any atom is -0.507 e. The van der Waals surface area contributed by atoms with E-state index in [0.29, 0.717) is 0 Å². The third-order valence-corrected chi connectivity index (χ3v) is 2.49. The third-order valence-electron chi connectivity index (χ3n) is 2.49. The second-order valence-electron chi connectivity index (χ2n) is 4.05. The topological polar surface area (TPSA) is 124 Å². The van der Waals surface area contributed by atoms with Crippen molar-refractivity contribution in [2.75, 3.05) is 6.54 Å². The zero-order valence-corrected chi connectivity index (χ0v) is 11.7. The highest BCUT2D eigenvalue weighted by Crippen LogP contribution is 2.14. The van der Waals surface area contributed by atoms with Crippen molar-refractivity contribution < 1.29 is 29.7 Å². The number of phenols is 1. The molecule has 1 unspecified atom stereocenters. The van der Waals surface area contributed by atoms with Crippen molar-refractivity contribution in [3.63, 3.8) is 0 Å². The summed E-state index contributed by atoms with van der Waals surface area (Å²) in [7, 11) is 0. The van der Waals surface area contributed by atoms with Crippen LogP contribution >= 0.6 is 0 Å². The van der Waals surface area contributed by atoms with E-state index in [1.165, 1.54) is 19.1 Å². The summed E-state index contributed by atoms with van der Waals surface area (Å²) in [4.78, 5) is 29.2. The number of carboxylic acids is 2. The van der Waals surface area contributed by atoms with Crippen molar-refractivity contribution in [2.24, 2.45) is 0 Å². The van der Waals surface area contributed by atoms with Crippen LogP contribution in [-0.2, 0) is 9.59 Å². The molecule has 0 bridgehead atoms. The lowest BCUT2D eigenvalue weighted by molar-refractivity contribution is -0.139. The van der Waals surface area contributed by atoms with Gasteiger partial charge in [0.25, 0.3) is 0 Å². The monoisotopic (exact) mass is 297 g/mol. The van der Waals surface area contributed by atoms with Gasteiger partial charge in [-0.15, -0.1) is 0 Å². The average Bonchev–Trinajstić information content (AvgIpc) is 2.94. The maximum absolute atomic E-state index is 10.3. The van der Waals surface area contributed by atoms with Gasteiger partial charge < -0.3 is 25.4 Å². The van der Waals surface area contributed by atoms with Crippen LogP contribution in [0.4, 0.5) is 0 Å². The Morgan fingerprint density at radius 1 is 1.29 bits per heavy atom. The summed E-state index contributed by atoms with van der Waals surface area (Å²) in [5, 5.41) is 28.5. The molecule has 1 atom stereocenters. The minimum absolute atomic E-state index is 0.0671. The Morgan fingerprint density at radius 2 is 1.86 bits per heavy atom. The molecular formula is C14H19NO6. The number of para-hydroxylation sites is 1. The number of rotatable bonds is 2. The molecule has 1 heterocycles. The molecule has 0 saturated carbocycles. The normalized spacial score (nSPS) is 15.8. The Kier molecular flexibility index (Phi) is 9.19. The maximum atomic E-state index is 10.3. The van der Waals surface area contributed by atoms with Crippen molar-refractivity contribution in [1.29, 1.82) is 0 Å². The highest BCUT2D eigenvalue weighted by molar-refractivity contribution is 5.90. The number of hydrogen-bond acceptors (Lipinski definition) is 5. The van der Waals surface area contributed by atoms with Crippen LogP contribution in [0.5, 0.6) is 5.75 Å². The van der Waals surface area contributed by atoms with E-state index in [4.69, 9.17) is 20.1 Å². The first kappa shape index (κ1) is 18.6. The number of nitrogens with one attached hydrogen (secondary N) is 1. The number of aliphatic carboxylic acids is 1. The molecule has 7 heteroatoms. The standard InChI is InChI=1S/C7H6O3.C5H9NO2.C2H4O/c8-6-4-2-1-3-5(6)7(9)10;7-5(8)4-2-1-3-6-4;1-2-3/h1-4,8H,(H,9,10);4,6H,1-3H2,(H,7,8);2H,1H3. The van der Waals surface area contributed by atoms with Gasteiger partial charge in [0.1, 0.15) is 23.6 Å². The van der Waals surface area contributed by atoms with Gasteiger partial charge in [0.15, 0.2) is 0 Å². The fraction of sp³-hybridized carbons (Fsp3) is 0.357. The van der Waals surface area contributed by atoms with E-state index in [2.05, 4.69) is 5.32 Å². The zero-order valence-electron chi connectivity index (χ0n) is 11.7. The smallest absolute Gasteiger partial charge is 0.339 e. The van der Waals surface area contributed by atoms with Gasteiger partial charge in [-0.25, -0.2) is 4.79 Å². The SMILES string of the molecule is CC=O.O=C(O)C1CCCN1.O=C(O)c1ccccc1O. The fourth-order valence-corrected chi connectivity index (χ4v) is 1.55. The molecule has 0 amide bonds. The number of aldehydes is 1. The molecule has 1 aromatic carbocycles. The van der Waals surface area contributed by atoms with Crippen LogP contribution in [0.15, 0.2) is 24.3 Å². The molecule has 0 spiro atoms. The van der Waals surface area contributed by atoms with Crippen molar-refractivity contribution >= 4 is 18.2 Å². The predicted molar refractivity (Wildman–Crippen MR) is 75.5 cm³/mol. The lowest BCUT2D eigenvalue weighted by Gasteiger charge is -1.99. The van der Waals surface area contributed by atoms with Crippen LogP contribution < -0.4 is 5.32 Å². The number of carbonyl (C=O) groups is 3. The molecule has 1 aliphatic heterocycles. The van der Waals surface area contributed by atoms with Gasteiger partial charge in [-0.05, 0) is 38.4 Å². The number of hydrogen-bond donors (Lipinski definition) is 4. The van der Waals surface area contributed by atoms with Crippen LogP contribution in [0.3, 0.4) is 0 Å². The summed E-state index contributed by atoms with van der Waals surface area (Å²) in [5.74, 6) is -2.03. The molecule has 116 valence electrons. The van der Waals surface area contributed by atoms with Crippen LogP contribution in [0.1, 0.15) is 30.1 Å². The van der Waals surface area contributed by atoms with Crippen LogP contribution in [0, 0.1) is 0 Å². The zero-order chi connectivity index (χ0) is 16.3. The fourth-order valence-electron chi connectivity index (χ4n) is 1.55. The maximum Gasteiger partial charge on any atom is 0.339 e.